The molecular formula is C23H24N4O3. The molecule has 0 saturated heterocycles. The average molecular weight is 404 g/mol. The van der Waals surface area contributed by atoms with Crippen LogP contribution in [0.15, 0.2) is 54.1 Å². The highest BCUT2D eigenvalue weighted by molar-refractivity contribution is 6.04. The molecule has 0 radical (unpaired) electrons. The van der Waals surface area contributed by atoms with Gasteiger partial charge >= 0.3 is 0 Å². The van der Waals surface area contributed by atoms with E-state index in [1.54, 1.807) is 12.4 Å². The number of aliphatic hydroxyl groups excluding tert-OH is 2. The molecule has 3 N–H and O–H groups in total. The minimum Gasteiger partial charge on any atom is -0.411 e. The van der Waals surface area contributed by atoms with Crippen molar-refractivity contribution in [3.8, 4) is 22.4 Å². The average Bonchev–Trinajstić information content (AvgIpc) is 3.40. The SMILES string of the molecule is ON=C1CCc2cc(-c3cn(C4CCC[C@H](O)[C@@H]4O)nc3-c3ccncc3)ccc21. The summed E-state index contributed by atoms with van der Waals surface area (Å²) in [5.74, 6) is 0. The van der Waals surface area contributed by atoms with E-state index >= 15 is 0 Å². The number of nitrogens with zero attached hydrogens (tertiary/aromatic N) is 4. The smallest absolute Gasteiger partial charge is 0.102 e. The van der Waals surface area contributed by atoms with Crippen LogP contribution in [0, 0.1) is 0 Å². The van der Waals surface area contributed by atoms with Gasteiger partial charge in [-0.25, -0.2) is 0 Å². The molecule has 1 fully saturated rings. The zero-order valence-corrected chi connectivity index (χ0v) is 16.5. The molecule has 7 nitrogen and oxygen atoms in total. The Morgan fingerprint density at radius 2 is 1.80 bits per heavy atom. The summed E-state index contributed by atoms with van der Waals surface area (Å²) in [5, 5.41) is 38.2. The molecule has 0 bridgehead atoms. The van der Waals surface area contributed by atoms with Gasteiger partial charge in [-0.15, -0.1) is 0 Å². The Morgan fingerprint density at radius 1 is 0.967 bits per heavy atom. The summed E-state index contributed by atoms with van der Waals surface area (Å²) >= 11 is 0. The first-order chi connectivity index (χ1) is 14.7. The highest BCUT2D eigenvalue weighted by Crippen LogP contribution is 2.37. The van der Waals surface area contributed by atoms with E-state index in [0.717, 1.165) is 64.9 Å². The highest BCUT2D eigenvalue weighted by Gasteiger charge is 2.33. The van der Waals surface area contributed by atoms with Crippen molar-refractivity contribution in [1.29, 1.82) is 0 Å². The molecule has 1 aromatic carbocycles. The Kier molecular flexibility index (Phi) is 4.84. The zero-order valence-electron chi connectivity index (χ0n) is 16.5. The lowest BCUT2D eigenvalue weighted by atomic mass is 9.90. The van der Waals surface area contributed by atoms with Gasteiger partial charge in [-0.05, 0) is 55.4 Å². The Bertz CT molecular complexity index is 1090. The lowest BCUT2D eigenvalue weighted by Gasteiger charge is -2.31. The van der Waals surface area contributed by atoms with E-state index in [-0.39, 0.29) is 6.04 Å². The maximum atomic E-state index is 10.6. The van der Waals surface area contributed by atoms with Crippen molar-refractivity contribution in [2.45, 2.75) is 50.4 Å². The molecule has 2 aliphatic rings. The van der Waals surface area contributed by atoms with Crippen LogP contribution in [-0.2, 0) is 6.42 Å². The predicted octanol–water partition coefficient (Wildman–Crippen LogP) is 3.18. The third-order valence-electron chi connectivity index (χ3n) is 6.29. The van der Waals surface area contributed by atoms with Gasteiger partial charge in [-0.1, -0.05) is 23.4 Å². The molecule has 3 aromatic rings. The summed E-state index contributed by atoms with van der Waals surface area (Å²) in [4.78, 5) is 4.11. The monoisotopic (exact) mass is 404 g/mol. The molecule has 0 aliphatic heterocycles. The normalized spacial score (nSPS) is 24.9. The van der Waals surface area contributed by atoms with E-state index in [4.69, 9.17) is 5.10 Å². The van der Waals surface area contributed by atoms with Crippen LogP contribution < -0.4 is 0 Å². The number of pyridine rings is 1. The summed E-state index contributed by atoms with van der Waals surface area (Å²) < 4.78 is 1.81. The molecule has 154 valence electrons. The Balaban J connectivity index is 1.61. The second-order valence-electron chi connectivity index (χ2n) is 8.08. The van der Waals surface area contributed by atoms with Crippen molar-refractivity contribution >= 4 is 5.71 Å². The number of hydrogen-bond donors (Lipinski definition) is 3. The van der Waals surface area contributed by atoms with Crippen LogP contribution in [0.3, 0.4) is 0 Å². The number of oxime groups is 1. The van der Waals surface area contributed by atoms with Gasteiger partial charge in [-0.2, -0.15) is 5.10 Å². The van der Waals surface area contributed by atoms with Crippen LogP contribution in [0.4, 0.5) is 0 Å². The standard InChI is InChI=1S/C23H24N4O3/c28-21-3-1-2-20(23(21)29)27-13-18(22(25-27)14-8-10-24-11-9-14)16-4-6-17-15(12-16)5-7-19(17)26-30/h4,6,8-13,20-21,23,28-30H,1-3,5,7H2/t20?,21-,23+/m0/s1. The largest absolute Gasteiger partial charge is 0.411 e. The fraction of sp³-hybridized carbons (Fsp3) is 0.348. The second-order valence-corrected chi connectivity index (χ2v) is 8.08. The van der Waals surface area contributed by atoms with Crippen LogP contribution in [0.5, 0.6) is 0 Å². The van der Waals surface area contributed by atoms with Gasteiger partial charge in [-0.3, -0.25) is 9.67 Å². The number of aryl methyl sites for hydroxylation is 1. The van der Waals surface area contributed by atoms with E-state index in [9.17, 15) is 15.4 Å². The van der Waals surface area contributed by atoms with Gasteiger partial charge in [0.1, 0.15) is 11.8 Å². The van der Waals surface area contributed by atoms with E-state index in [1.165, 1.54) is 0 Å². The minimum atomic E-state index is -0.833. The van der Waals surface area contributed by atoms with Crippen molar-refractivity contribution in [1.82, 2.24) is 14.8 Å². The van der Waals surface area contributed by atoms with Gasteiger partial charge in [0, 0.05) is 35.3 Å². The molecular weight excluding hydrogens is 380 g/mol. The zero-order chi connectivity index (χ0) is 20.7. The first kappa shape index (κ1) is 19.0. The summed E-state index contributed by atoms with van der Waals surface area (Å²) in [6.07, 6.45) is 7.71. The van der Waals surface area contributed by atoms with Crippen LogP contribution in [0.1, 0.15) is 42.9 Å². The first-order valence-electron chi connectivity index (χ1n) is 10.4. The molecule has 0 spiro atoms. The lowest BCUT2D eigenvalue weighted by Crippen LogP contribution is -2.38. The van der Waals surface area contributed by atoms with Crippen molar-refractivity contribution in [2.24, 2.45) is 5.16 Å². The lowest BCUT2D eigenvalue weighted by molar-refractivity contribution is -0.0425. The molecule has 2 heterocycles. The Morgan fingerprint density at radius 3 is 2.60 bits per heavy atom. The summed E-state index contributed by atoms with van der Waals surface area (Å²) in [7, 11) is 0. The molecule has 5 rings (SSSR count). The number of aliphatic hydroxyl groups is 2. The molecule has 3 atom stereocenters. The summed E-state index contributed by atoms with van der Waals surface area (Å²) in [6, 6.07) is 9.74. The number of rotatable bonds is 3. The van der Waals surface area contributed by atoms with Gasteiger partial charge in [0.15, 0.2) is 0 Å². The van der Waals surface area contributed by atoms with Crippen molar-refractivity contribution < 1.29 is 15.4 Å². The molecule has 0 amide bonds. The molecule has 2 aliphatic carbocycles. The Labute approximate surface area is 174 Å². The fourth-order valence-corrected chi connectivity index (χ4v) is 4.66. The van der Waals surface area contributed by atoms with E-state index in [2.05, 4.69) is 16.2 Å². The van der Waals surface area contributed by atoms with Crippen molar-refractivity contribution in [3.05, 3.63) is 60.0 Å². The summed E-state index contributed by atoms with van der Waals surface area (Å²) in [6.45, 7) is 0. The minimum absolute atomic E-state index is 0.259. The van der Waals surface area contributed by atoms with E-state index in [0.29, 0.717) is 6.42 Å². The first-order valence-corrected chi connectivity index (χ1v) is 10.4. The molecule has 2 aromatic heterocycles. The fourth-order valence-electron chi connectivity index (χ4n) is 4.66. The number of fused-ring (bicyclic) bond motifs is 1. The Hall–Kier alpha value is -3.03. The van der Waals surface area contributed by atoms with Gasteiger partial charge in [0.2, 0.25) is 0 Å². The molecule has 7 heteroatoms. The molecule has 1 unspecified atom stereocenters. The third-order valence-corrected chi connectivity index (χ3v) is 6.29. The maximum Gasteiger partial charge on any atom is 0.102 e. The van der Waals surface area contributed by atoms with Crippen LogP contribution >= 0.6 is 0 Å². The predicted molar refractivity (Wildman–Crippen MR) is 112 cm³/mol. The van der Waals surface area contributed by atoms with E-state index in [1.807, 2.05) is 35.1 Å². The quantitative estimate of drug-likeness (QED) is 0.459. The van der Waals surface area contributed by atoms with Crippen molar-refractivity contribution in [3.63, 3.8) is 0 Å². The highest BCUT2D eigenvalue weighted by atomic mass is 16.4. The van der Waals surface area contributed by atoms with Crippen LogP contribution in [0.2, 0.25) is 0 Å². The number of aromatic nitrogens is 3. The topological polar surface area (TPSA) is 104 Å². The second kappa shape index (κ2) is 7.66. The van der Waals surface area contributed by atoms with Gasteiger partial charge in [0.25, 0.3) is 0 Å². The maximum absolute atomic E-state index is 10.6. The van der Waals surface area contributed by atoms with Crippen LogP contribution in [0.25, 0.3) is 22.4 Å². The van der Waals surface area contributed by atoms with Gasteiger partial charge < -0.3 is 15.4 Å². The van der Waals surface area contributed by atoms with E-state index < -0.39 is 12.2 Å². The van der Waals surface area contributed by atoms with Crippen LogP contribution in [-0.4, -0.2) is 48.1 Å². The van der Waals surface area contributed by atoms with Gasteiger partial charge in [0.05, 0.1) is 17.9 Å². The molecule has 30 heavy (non-hydrogen) atoms. The number of hydrogen-bond acceptors (Lipinski definition) is 6. The third kappa shape index (κ3) is 3.20. The molecule has 1 saturated carbocycles. The van der Waals surface area contributed by atoms with Crippen molar-refractivity contribution in [2.75, 3.05) is 0 Å². The summed E-state index contributed by atoms with van der Waals surface area (Å²) in [5.41, 5.74) is 6.62. The number of benzene rings is 1.